The molecule has 1 aliphatic carbocycles. The molecule has 1 aliphatic heterocycles. The summed E-state index contributed by atoms with van der Waals surface area (Å²) in [6.07, 6.45) is 7.28. The molecule has 1 saturated carbocycles. The molecule has 9 nitrogen and oxygen atoms in total. The number of carbonyl (C=O) groups is 1. The predicted molar refractivity (Wildman–Crippen MR) is 166 cm³/mol. The van der Waals surface area contributed by atoms with E-state index in [1.54, 1.807) is 13.1 Å². The van der Waals surface area contributed by atoms with Gasteiger partial charge < -0.3 is 10.0 Å². The van der Waals surface area contributed by atoms with Crippen LogP contribution in [0.2, 0.25) is 5.02 Å². The summed E-state index contributed by atoms with van der Waals surface area (Å²) in [5.41, 5.74) is 1.79. The number of aliphatic carboxylic acids is 1. The number of para-hydroxylation sites is 1. The molecule has 2 N–H and O–H groups in total. The van der Waals surface area contributed by atoms with Gasteiger partial charge in [-0.1, -0.05) is 68.8 Å². The zero-order valence-electron chi connectivity index (χ0n) is 24.3. The van der Waals surface area contributed by atoms with Gasteiger partial charge in [-0.3, -0.25) is 4.79 Å². The van der Waals surface area contributed by atoms with Crippen molar-refractivity contribution in [2.24, 2.45) is 5.92 Å². The van der Waals surface area contributed by atoms with Crippen LogP contribution < -0.4 is 9.62 Å². The second-order valence-corrected chi connectivity index (χ2v) is 15.7. The van der Waals surface area contributed by atoms with Crippen molar-refractivity contribution >= 4 is 49.0 Å². The second kappa shape index (κ2) is 14.1. The zero-order chi connectivity index (χ0) is 30.5. The van der Waals surface area contributed by atoms with Gasteiger partial charge in [-0.25, -0.2) is 21.6 Å². The third-order valence-corrected chi connectivity index (χ3v) is 12.2. The van der Waals surface area contributed by atoms with Crippen molar-refractivity contribution in [3.8, 4) is 0 Å². The molecule has 0 saturated heterocycles. The van der Waals surface area contributed by atoms with Crippen LogP contribution >= 0.6 is 11.6 Å². The van der Waals surface area contributed by atoms with Gasteiger partial charge in [-0.05, 0) is 67.9 Å². The zero-order valence-corrected chi connectivity index (χ0v) is 26.7. The smallest absolute Gasteiger partial charge is 0.321 e. The summed E-state index contributed by atoms with van der Waals surface area (Å²) in [6, 6.07) is 11.2. The van der Waals surface area contributed by atoms with Crippen LogP contribution in [0.1, 0.15) is 70.3 Å². The van der Waals surface area contributed by atoms with E-state index in [1.807, 2.05) is 42.2 Å². The predicted octanol–water partition coefficient (Wildman–Crippen LogP) is 5.56. The van der Waals surface area contributed by atoms with Crippen LogP contribution in [0.25, 0.3) is 0 Å². The van der Waals surface area contributed by atoms with Crippen molar-refractivity contribution in [2.75, 3.05) is 24.2 Å². The largest absolute Gasteiger partial charge is 0.480 e. The van der Waals surface area contributed by atoms with E-state index < -0.39 is 32.1 Å². The Morgan fingerprint density at radius 2 is 1.81 bits per heavy atom. The molecule has 4 rings (SSSR count). The highest BCUT2D eigenvalue weighted by molar-refractivity contribution is 7.89. The number of fused-ring (bicyclic) bond motifs is 1. The Labute approximate surface area is 255 Å². The van der Waals surface area contributed by atoms with Crippen molar-refractivity contribution in [3.05, 3.63) is 53.1 Å². The Bertz CT molecular complexity index is 1450. The molecule has 0 amide bonds. The highest BCUT2D eigenvalue weighted by atomic mass is 35.5. The monoisotopic (exact) mass is 639 g/mol. The number of rotatable bonds is 12. The van der Waals surface area contributed by atoms with E-state index in [1.165, 1.54) is 10.4 Å². The van der Waals surface area contributed by atoms with E-state index >= 15 is 0 Å². The van der Waals surface area contributed by atoms with Crippen LogP contribution in [0.3, 0.4) is 0 Å². The number of hydrogen-bond donors (Lipinski definition) is 2. The minimum Gasteiger partial charge on any atom is -0.480 e. The van der Waals surface area contributed by atoms with Gasteiger partial charge in [0.1, 0.15) is 10.9 Å². The van der Waals surface area contributed by atoms with Crippen molar-refractivity contribution < 1.29 is 26.7 Å². The maximum Gasteiger partial charge on any atom is 0.321 e. The summed E-state index contributed by atoms with van der Waals surface area (Å²) < 4.78 is 57.1. The Hall–Kier alpha value is -2.18. The van der Waals surface area contributed by atoms with E-state index in [0.29, 0.717) is 29.2 Å². The third-order valence-electron chi connectivity index (χ3n) is 8.51. The van der Waals surface area contributed by atoms with Crippen molar-refractivity contribution in [3.63, 3.8) is 0 Å². The van der Waals surface area contributed by atoms with Gasteiger partial charge in [-0.15, -0.1) is 0 Å². The van der Waals surface area contributed by atoms with Crippen LogP contribution in [0.5, 0.6) is 0 Å². The summed E-state index contributed by atoms with van der Waals surface area (Å²) in [5.74, 6) is -1.21. The van der Waals surface area contributed by atoms with E-state index in [-0.39, 0.29) is 35.4 Å². The highest BCUT2D eigenvalue weighted by Crippen LogP contribution is 2.42. The molecule has 2 aliphatic rings. The molecule has 1 heterocycles. The maximum absolute atomic E-state index is 14.1. The highest BCUT2D eigenvalue weighted by Gasteiger charge is 2.41. The minimum absolute atomic E-state index is 0.0795. The molecule has 1 fully saturated rings. The fourth-order valence-corrected chi connectivity index (χ4v) is 9.33. The molecular weight excluding hydrogens is 598 g/mol. The molecule has 232 valence electrons. The Morgan fingerprint density at radius 3 is 2.45 bits per heavy atom. The van der Waals surface area contributed by atoms with E-state index in [0.717, 1.165) is 50.6 Å². The first-order valence-corrected chi connectivity index (χ1v) is 18.3. The van der Waals surface area contributed by atoms with E-state index in [4.69, 9.17) is 11.6 Å². The molecule has 0 radical (unpaired) electrons. The first-order valence-electron chi connectivity index (χ1n) is 14.8. The quantitative estimate of drug-likeness (QED) is 0.292. The summed E-state index contributed by atoms with van der Waals surface area (Å²) in [4.78, 5) is 14.1. The number of carboxylic acids is 1. The van der Waals surface area contributed by atoms with Gasteiger partial charge in [-0.2, -0.15) is 4.31 Å². The number of nitrogens with zero attached hydrogens (tertiary/aromatic N) is 2. The van der Waals surface area contributed by atoms with Gasteiger partial charge in [0, 0.05) is 30.3 Å². The summed E-state index contributed by atoms with van der Waals surface area (Å²) >= 11 is 6.74. The average molecular weight is 640 g/mol. The minimum atomic E-state index is -3.93. The fraction of sp³-hybridized carbons (Fsp3) is 0.567. The van der Waals surface area contributed by atoms with E-state index in [9.17, 15) is 26.7 Å². The first kappa shape index (κ1) is 32.7. The lowest BCUT2D eigenvalue weighted by atomic mass is 9.83. The summed E-state index contributed by atoms with van der Waals surface area (Å²) in [7, 11) is -6.07. The number of anilines is 2. The van der Waals surface area contributed by atoms with Crippen molar-refractivity contribution in [1.82, 2.24) is 9.03 Å². The van der Waals surface area contributed by atoms with E-state index in [2.05, 4.69) is 4.72 Å². The number of likely N-dealkylation sites (N-methyl/N-ethyl adjacent to an activating group) is 1. The standard InChI is InChI=1S/C30H42ClN3O6S2/c1-3-4-11-18-41(37,38)32-26(30(35)36)17-16-23-19-29-27(20-25(23)31)34(24-14-9-6-10-15-24)21-28(33(2)42(29,39)40)22-12-7-5-8-13-22/h6,9-10,14-15,19-20,22,26,28,32H,3-5,7-8,11-13,16-18,21H2,1-2H3,(H,35,36)/t26-,28+/m1/s1. The molecule has 42 heavy (non-hydrogen) atoms. The molecule has 0 unspecified atom stereocenters. The first-order chi connectivity index (χ1) is 19.9. The molecular formula is C30H42ClN3O6S2. The fourth-order valence-electron chi connectivity index (χ4n) is 6.10. The normalized spacial score (nSPS) is 20.5. The van der Waals surface area contributed by atoms with Crippen LogP contribution in [0, 0.1) is 5.92 Å². The number of carboxylic acid groups (broad SMARTS) is 1. The van der Waals surface area contributed by atoms with Gasteiger partial charge in [0.2, 0.25) is 20.0 Å². The molecule has 0 aromatic heterocycles. The Morgan fingerprint density at radius 1 is 1.12 bits per heavy atom. The van der Waals surface area contributed by atoms with Gasteiger partial charge in [0.05, 0.1) is 11.4 Å². The Balaban J connectivity index is 1.68. The van der Waals surface area contributed by atoms with Crippen LogP contribution in [-0.4, -0.2) is 63.6 Å². The van der Waals surface area contributed by atoms with Gasteiger partial charge in [0.15, 0.2) is 0 Å². The molecule has 0 spiro atoms. The summed E-state index contributed by atoms with van der Waals surface area (Å²) in [5, 5.41) is 10.1. The number of nitrogens with one attached hydrogen (secondary N) is 1. The number of sulfonamides is 2. The summed E-state index contributed by atoms with van der Waals surface area (Å²) in [6.45, 7) is 2.44. The third kappa shape index (κ3) is 7.66. The lowest BCUT2D eigenvalue weighted by Gasteiger charge is -2.36. The van der Waals surface area contributed by atoms with Crippen LogP contribution in [0.15, 0.2) is 47.4 Å². The molecule has 2 aromatic rings. The molecule has 2 atom stereocenters. The van der Waals surface area contributed by atoms with Gasteiger partial charge in [0.25, 0.3) is 0 Å². The number of benzene rings is 2. The molecule has 0 bridgehead atoms. The molecule has 2 aromatic carbocycles. The number of aryl methyl sites for hydroxylation is 1. The number of halogens is 1. The number of unbranched alkanes of at least 4 members (excludes halogenated alkanes) is 2. The Kier molecular flexibility index (Phi) is 11.0. The lowest BCUT2D eigenvalue weighted by molar-refractivity contribution is -0.139. The second-order valence-electron chi connectivity index (χ2n) is 11.4. The number of hydrogen-bond acceptors (Lipinski definition) is 6. The van der Waals surface area contributed by atoms with Gasteiger partial charge >= 0.3 is 5.97 Å². The molecule has 12 heteroatoms. The van der Waals surface area contributed by atoms with Crippen LogP contribution in [-0.2, 0) is 31.3 Å². The van der Waals surface area contributed by atoms with Crippen LogP contribution in [0.4, 0.5) is 11.4 Å². The average Bonchev–Trinajstić information content (AvgIpc) is 3.04. The maximum atomic E-state index is 14.1. The lowest BCUT2D eigenvalue weighted by Crippen LogP contribution is -2.46. The van der Waals surface area contributed by atoms with Crippen molar-refractivity contribution in [2.45, 2.75) is 88.1 Å². The van der Waals surface area contributed by atoms with Crippen molar-refractivity contribution in [1.29, 1.82) is 0 Å². The topological polar surface area (TPSA) is 124 Å². The SMILES string of the molecule is CCCCCS(=O)(=O)N[C@H](CCc1cc2c(cc1Cl)N(c1ccccc1)C[C@@H](C1CCCCC1)N(C)S2(=O)=O)C(=O)O.